The van der Waals surface area contributed by atoms with Gasteiger partial charge in [0.25, 0.3) is 0 Å². The van der Waals surface area contributed by atoms with Gasteiger partial charge in [0, 0.05) is 10.6 Å². The van der Waals surface area contributed by atoms with Crippen molar-refractivity contribution in [3.63, 3.8) is 0 Å². The normalized spacial score (nSPS) is 10.9. The van der Waals surface area contributed by atoms with Gasteiger partial charge in [-0.1, -0.05) is 11.6 Å². The van der Waals surface area contributed by atoms with Crippen LogP contribution in [0.1, 0.15) is 0 Å². The quantitative estimate of drug-likeness (QED) is 0.674. The molecule has 0 amide bonds. The molecule has 0 radical (unpaired) electrons. The molecule has 0 saturated heterocycles. The second kappa shape index (κ2) is 3.98. The van der Waals surface area contributed by atoms with Crippen molar-refractivity contribution in [2.75, 3.05) is 0 Å². The van der Waals surface area contributed by atoms with Gasteiger partial charge < -0.3 is 4.42 Å². The summed E-state index contributed by atoms with van der Waals surface area (Å²) in [6.45, 7) is 0. The maximum Gasteiger partial charge on any atom is 0.357 e. The molecular formula is C12H6ClNO2S. The zero-order chi connectivity index (χ0) is 11.8. The molecule has 0 bridgehead atoms. The van der Waals surface area contributed by atoms with E-state index in [4.69, 9.17) is 16.0 Å². The summed E-state index contributed by atoms with van der Waals surface area (Å²) in [5.41, 5.74) is 1.05. The number of nitrogens with zero attached hydrogens (tertiary/aromatic N) is 1. The number of aromatic nitrogens is 1. The van der Waals surface area contributed by atoms with Crippen LogP contribution in [0.3, 0.4) is 0 Å². The third-order valence-corrected chi connectivity index (χ3v) is 3.47. The third-order valence-electron chi connectivity index (χ3n) is 2.33. The number of hydrogen-bond acceptors (Lipinski definition) is 4. The Labute approximate surface area is 105 Å². The van der Waals surface area contributed by atoms with E-state index in [0.717, 1.165) is 5.56 Å². The Morgan fingerprint density at radius 1 is 1.18 bits per heavy atom. The first-order valence-electron chi connectivity index (χ1n) is 4.88. The van der Waals surface area contributed by atoms with Gasteiger partial charge in [-0.15, -0.1) is 11.3 Å². The molecule has 5 heteroatoms. The fraction of sp³-hybridized carbons (Fsp3) is 0. The summed E-state index contributed by atoms with van der Waals surface area (Å²) in [7, 11) is 0. The maximum absolute atomic E-state index is 11.7. The largest absolute Gasteiger partial charge is 0.403 e. The number of benzene rings is 1. The fourth-order valence-corrected chi connectivity index (χ4v) is 2.36. The van der Waals surface area contributed by atoms with E-state index in [-0.39, 0.29) is 5.63 Å². The number of halogens is 1. The van der Waals surface area contributed by atoms with Crippen LogP contribution in [-0.4, -0.2) is 4.98 Å². The van der Waals surface area contributed by atoms with Crippen molar-refractivity contribution in [2.45, 2.75) is 0 Å². The van der Waals surface area contributed by atoms with Crippen molar-refractivity contribution in [3.8, 4) is 11.5 Å². The number of thiophene rings is 1. The molecule has 3 aromatic rings. The van der Waals surface area contributed by atoms with Crippen LogP contribution in [0.2, 0.25) is 5.02 Å². The van der Waals surface area contributed by atoms with Gasteiger partial charge in [-0.3, -0.25) is 0 Å². The standard InChI is InChI=1S/C12H6ClNO2S/c13-8-3-1-7(2-4-8)11-14-9-5-6-17-10(9)12(15)16-11/h1-6H. The Morgan fingerprint density at radius 3 is 2.71 bits per heavy atom. The lowest BCUT2D eigenvalue weighted by Gasteiger charge is -1.99. The number of fused-ring (bicyclic) bond motifs is 1. The van der Waals surface area contributed by atoms with E-state index >= 15 is 0 Å². The summed E-state index contributed by atoms with van der Waals surface area (Å²) < 4.78 is 5.72. The van der Waals surface area contributed by atoms with Gasteiger partial charge in [0.2, 0.25) is 5.89 Å². The van der Waals surface area contributed by atoms with Crippen LogP contribution in [0.15, 0.2) is 44.9 Å². The van der Waals surface area contributed by atoms with Gasteiger partial charge in [0.15, 0.2) is 0 Å². The summed E-state index contributed by atoms with van der Waals surface area (Å²) in [5, 5.41) is 2.45. The Kier molecular flexibility index (Phi) is 2.46. The van der Waals surface area contributed by atoms with Crippen molar-refractivity contribution in [1.82, 2.24) is 4.98 Å². The summed E-state index contributed by atoms with van der Waals surface area (Å²) >= 11 is 7.13. The average Bonchev–Trinajstić information content (AvgIpc) is 2.78. The van der Waals surface area contributed by atoms with E-state index in [2.05, 4.69) is 4.98 Å². The predicted octanol–water partition coefficient (Wildman–Crippen LogP) is 3.57. The van der Waals surface area contributed by atoms with Crippen molar-refractivity contribution < 1.29 is 4.42 Å². The van der Waals surface area contributed by atoms with Crippen LogP contribution in [0.25, 0.3) is 21.7 Å². The molecule has 0 aliphatic carbocycles. The highest BCUT2D eigenvalue weighted by molar-refractivity contribution is 7.17. The van der Waals surface area contributed by atoms with Gasteiger partial charge in [0.1, 0.15) is 4.70 Å². The monoisotopic (exact) mass is 263 g/mol. The minimum absolute atomic E-state index is 0.317. The smallest absolute Gasteiger partial charge is 0.357 e. The first kappa shape index (κ1) is 10.5. The summed E-state index contributed by atoms with van der Waals surface area (Å²) in [6, 6.07) is 8.81. The molecule has 3 rings (SSSR count). The molecule has 17 heavy (non-hydrogen) atoms. The van der Waals surface area contributed by atoms with Gasteiger partial charge in [-0.05, 0) is 35.7 Å². The van der Waals surface area contributed by atoms with E-state index in [1.54, 1.807) is 30.3 Å². The third kappa shape index (κ3) is 1.85. The molecule has 0 aliphatic rings. The van der Waals surface area contributed by atoms with E-state index < -0.39 is 0 Å². The SMILES string of the molecule is O=c1oc(-c2ccc(Cl)cc2)nc2ccsc12. The van der Waals surface area contributed by atoms with E-state index in [9.17, 15) is 4.79 Å². The molecule has 0 unspecified atom stereocenters. The molecule has 0 atom stereocenters. The lowest BCUT2D eigenvalue weighted by molar-refractivity contribution is 0.519. The second-order valence-corrected chi connectivity index (χ2v) is 4.80. The fourth-order valence-electron chi connectivity index (χ4n) is 1.53. The topological polar surface area (TPSA) is 43.1 Å². The lowest BCUT2D eigenvalue weighted by atomic mass is 10.2. The van der Waals surface area contributed by atoms with Crippen LogP contribution < -0.4 is 5.63 Å². The molecule has 2 aromatic heterocycles. The number of rotatable bonds is 1. The lowest BCUT2D eigenvalue weighted by Crippen LogP contribution is -2.00. The molecule has 0 spiro atoms. The summed E-state index contributed by atoms with van der Waals surface area (Å²) in [5.74, 6) is 0.317. The van der Waals surface area contributed by atoms with Crippen LogP contribution in [0.5, 0.6) is 0 Å². The minimum Gasteiger partial charge on any atom is -0.403 e. The molecule has 0 aliphatic heterocycles. The van der Waals surface area contributed by atoms with Gasteiger partial charge >= 0.3 is 5.63 Å². The van der Waals surface area contributed by atoms with Gasteiger partial charge in [-0.25, -0.2) is 9.78 Å². The van der Waals surface area contributed by atoms with E-state index in [1.807, 2.05) is 5.38 Å². The van der Waals surface area contributed by atoms with Crippen molar-refractivity contribution in [2.24, 2.45) is 0 Å². The van der Waals surface area contributed by atoms with Crippen LogP contribution >= 0.6 is 22.9 Å². The van der Waals surface area contributed by atoms with Gasteiger partial charge in [0.05, 0.1) is 5.52 Å². The minimum atomic E-state index is -0.352. The second-order valence-electron chi connectivity index (χ2n) is 3.45. The summed E-state index contributed by atoms with van der Waals surface area (Å²) in [6.07, 6.45) is 0. The highest BCUT2D eigenvalue weighted by Gasteiger charge is 2.08. The average molecular weight is 264 g/mol. The highest BCUT2D eigenvalue weighted by atomic mass is 35.5. The predicted molar refractivity (Wildman–Crippen MR) is 68.6 cm³/mol. The zero-order valence-electron chi connectivity index (χ0n) is 8.51. The Bertz CT molecular complexity index is 730. The molecule has 3 nitrogen and oxygen atoms in total. The molecule has 1 aromatic carbocycles. The maximum atomic E-state index is 11.7. The first-order valence-corrected chi connectivity index (χ1v) is 6.14. The first-order chi connectivity index (χ1) is 8.24. The van der Waals surface area contributed by atoms with Crippen molar-refractivity contribution >= 4 is 33.2 Å². The highest BCUT2D eigenvalue weighted by Crippen LogP contribution is 2.22. The molecule has 0 saturated carbocycles. The van der Waals surface area contributed by atoms with E-state index in [1.165, 1.54) is 11.3 Å². The van der Waals surface area contributed by atoms with Crippen LogP contribution in [0, 0.1) is 0 Å². The summed E-state index contributed by atoms with van der Waals surface area (Å²) in [4.78, 5) is 16.0. The zero-order valence-corrected chi connectivity index (χ0v) is 10.1. The molecule has 84 valence electrons. The van der Waals surface area contributed by atoms with Gasteiger partial charge in [-0.2, -0.15) is 0 Å². The Morgan fingerprint density at radius 2 is 1.94 bits per heavy atom. The van der Waals surface area contributed by atoms with Crippen molar-refractivity contribution in [3.05, 3.63) is 51.2 Å². The Balaban J connectivity index is 2.23. The molecule has 0 fully saturated rings. The number of hydrogen-bond donors (Lipinski definition) is 0. The molecule has 2 heterocycles. The Hall–Kier alpha value is -1.65. The van der Waals surface area contributed by atoms with Crippen LogP contribution in [0.4, 0.5) is 0 Å². The van der Waals surface area contributed by atoms with Crippen molar-refractivity contribution in [1.29, 1.82) is 0 Å². The molecule has 0 N–H and O–H groups in total. The molecular weight excluding hydrogens is 258 g/mol. The van der Waals surface area contributed by atoms with E-state index in [0.29, 0.717) is 21.1 Å². The van der Waals surface area contributed by atoms with Crippen LogP contribution in [-0.2, 0) is 0 Å².